The van der Waals surface area contributed by atoms with Gasteiger partial charge in [-0.25, -0.2) is 4.79 Å². The molecule has 5 heteroatoms. The molecule has 0 aliphatic rings. The molecule has 1 aromatic rings. The summed E-state index contributed by atoms with van der Waals surface area (Å²) in [5.74, 6) is 0.543. The molecular weight excluding hydrogens is 258 g/mol. The first-order chi connectivity index (χ1) is 9.64. The molecule has 1 rings (SSSR count). The summed E-state index contributed by atoms with van der Waals surface area (Å²) in [5.41, 5.74) is 0.415. The summed E-state index contributed by atoms with van der Waals surface area (Å²) in [5, 5.41) is 8.96. The van der Waals surface area contributed by atoms with Crippen LogP contribution < -0.4 is 9.47 Å². The van der Waals surface area contributed by atoms with Crippen LogP contribution in [0.3, 0.4) is 0 Å². The molecule has 0 aliphatic carbocycles. The van der Waals surface area contributed by atoms with Crippen LogP contribution in [0.4, 0.5) is 0 Å². The van der Waals surface area contributed by atoms with Gasteiger partial charge in [0.25, 0.3) is 0 Å². The van der Waals surface area contributed by atoms with Gasteiger partial charge in [0.1, 0.15) is 11.5 Å². The van der Waals surface area contributed by atoms with Gasteiger partial charge in [-0.1, -0.05) is 13.3 Å². The Morgan fingerprint density at radius 3 is 2.55 bits per heavy atom. The molecule has 0 spiro atoms. The van der Waals surface area contributed by atoms with E-state index in [2.05, 4.69) is 0 Å². The number of methoxy groups -OCH3 is 1. The Balaban J connectivity index is 2.92. The quantitative estimate of drug-likeness (QED) is 0.717. The van der Waals surface area contributed by atoms with Crippen molar-refractivity contribution in [3.63, 3.8) is 0 Å². The molecule has 1 unspecified atom stereocenters. The maximum absolute atomic E-state index is 11.8. The molecule has 20 heavy (non-hydrogen) atoms. The van der Waals surface area contributed by atoms with Crippen LogP contribution in [-0.2, 0) is 9.53 Å². The summed E-state index contributed by atoms with van der Waals surface area (Å²) < 4.78 is 15.7. The Labute approximate surface area is 119 Å². The van der Waals surface area contributed by atoms with E-state index in [1.54, 1.807) is 25.1 Å². The third-order valence-electron chi connectivity index (χ3n) is 2.62. The highest BCUT2D eigenvalue weighted by Gasteiger charge is 2.21. The minimum absolute atomic E-state index is 0.309. The zero-order chi connectivity index (χ0) is 15.0. The monoisotopic (exact) mass is 277 g/mol. The minimum Gasteiger partial charge on any atom is -0.497 e. The largest absolute Gasteiger partial charge is 0.497 e. The molecule has 0 radical (unpaired) electrons. The van der Waals surface area contributed by atoms with E-state index in [1.807, 2.05) is 13.0 Å². The van der Waals surface area contributed by atoms with Crippen LogP contribution >= 0.6 is 0 Å². The molecule has 0 heterocycles. The van der Waals surface area contributed by atoms with Crippen LogP contribution in [0.1, 0.15) is 32.3 Å². The predicted octanol–water partition coefficient (Wildman–Crippen LogP) is 2.68. The SMILES string of the molecule is CCCC(Oc1cc(C#N)cc(OC)c1)C(=O)OCC. The summed E-state index contributed by atoms with van der Waals surface area (Å²) in [6.45, 7) is 4.02. The number of hydrogen-bond donors (Lipinski definition) is 0. The van der Waals surface area contributed by atoms with Gasteiger partial charge < -0.3 is 14.2 Å². The van der Waals surface area contributed by atoms with E-state index in [9.17, 15) is 4.79 Å². The molecule has 1 atom stereocenters. The molecule has 0 aromatic heterocycles. The Hall–Kier alpha value is -2.22. The zero-order valence-electron chi connectivity index (χ0n) is 12.0. The average molecular weight is 277 g/mol. The summed E-state index contributed by atoms with van der Waals surface area (Å²) in [7, 11) is 1.51. The number of nitrogens with zero attached hydrogens (tertiary/aromatic N) is 1. The van der Waals surface area contributed by atoms with Crippen molar-refractivity contribution in [3.05, 3.63) is 23.8 Å². The van der Waals surface area contributed by atoms with Gasteiger partial charge in [0.15, 0.2) is 6.10 Å². The van der Waals surface area contributed by atoms with Gasteiger partial charge in [0, 0.05) is 6.07 Å². The Kier molecular flexibility index (Phi) is 6.38. The molecule has 0 aliphatic heterocycles. The number of rotatable bonds is 7. The molecule has 0 bridgehead atoms. The molecule has 1 aromatic carbocycles. The fourth-order valence-corrected chi connectivity index (χ4v) is 1.71. The van der Waals surface area contributed by atoms with Crippen LogP contribution in [0.2, 0.25) is 0 Å². The number of carbonyl (C=O) groups excluding carboxylic acids is 1. The Bertz CT molecular complexity index is 493. The Morgan fingerprint density at radius 1 is 1.30 bits per heavy atom. The van der Waals surface area contributed by atoms with Crippen molar-refractivity contribution < 1.29 is 19.0 Å². The van der Waals surface area contributed by atoms with Crippen molar-refractivity contribution in [1.29, 1.82) is 5.26 Å². The van der Waals surface area contributed by atoms with Crippen LogP contribution in [-0.4, -0.2) is 25.8 Å². The summed E-state index contributed by atoms with van der Waals surface area (Å²) in [6, 6.07) is 6.84. The van der Waals surface area contributed by atoms with Crippen molar-refractivity contribution in [2.24, 2.45) is 0 Å². The van der Waals surface area contributed by atoms with Crippen LogP contribution in [0.5, 0.6) is 11.5 Å². The van der Waals surface area contributed by atoms with Crippen molar-refractivity contribution in [1.82, 2.24) is 0 Å². The second-order valence-corrected chi connectivity index (χ2v) is 4.16. The molecule has 0 fully saturated rings. The average Bonchev–Trinajstić information content (AvgIpc) is 2.46. The summed E-state index contributed by atoms with van der Waals surface area (Å²) >= 11 is 0. The summed E-state index contributed by atoms with van der Waals surface area (Å²) in [6.07, 6.45) is 0.676. The van der Waals surface area contributed by atoms with Gasteiger partial charge in [-0.2, -0.15) is 5.26 Å². The lowest BCUT2D eigenvalue weighted by Crippen LogP contribution is -2.29. The lowest BCUT2D eigenvalue weighted by Gasteiger charge is -2.17. The van der Waals surface area contributed by atoms with Gasteiger partial charge >= 0.3 is 5.97 Å². The number of benzene rings is 1. The van der Waals surface area contributed by atoms with Crippen molar-refractivity contribution in [2.75, 3.05) is 13.7 Å². The van der Waals surface area contributed by atoms with Crippen LogP contribution in [0.15, 0.2) is 18.2 Å². The lowest BCUT2D eigenvalue weighted by molar-refractivity contribution is -0.151. The maximum Gasteiger partial charge on any atom is 0.347 e. The fourth-order valence-electron chi connectivity index (χ4n) is 1.71. The second kappa shape index (κ2) is 8.05. The van der Waals surface area contributed by atoms with Gasteiger partial charge in [0.2, 0.25) is 0 Å². The predicted molar refractivity (Wildman–Crippen MR) is 73.7 cm³/mol. The van der Waals surface area contributed by atoms with E-state index in [1.165, 1.54) is 7.11 Å². The number of hydrogen-bond acceptors (Lipinski definition) is 5. The minimum atomic E-state index is -0.668. The third kappa shape index (κ3) is 4.47. The number of ether oxygens (including phenoxy) is 3. The van der Waals surface area contributed by atoms with Gasteiger partial charge in [-0.05, 0) is 25.5 Å². The molecule has 108 valence electrons. The zero-order valence-corrected chi connectivity index (χ0v) is 12.0. The van der Waals surface area contributed by atoms with E-state index in [-0.39, 0.29) is 0 Å². The highest BCUT2D eigenvalue weighted by atomic mass is 16.6. The molecular formula is C15H19NO4. The van der Waals surface area contributed by atoms with Gasteiger partial charge in [-0.15, -0.1) is 0 Å². The molecule has 0 N–H and O–H groups in total. The highest BCUT2D eigenvalue weighted by molar-refractivity contribution is 5.75. The molecule has 0 amide bonds. The maximum atomic E-state index is 11.8. The van der Waals surface area contributed by atoms with Crippen LogP contribution in [0.25, 0.3) is 0 Å². The third-order valence-corrected chi connectivity index (χ3v) is 2.62. The van der Waals surface area contributed by atoms with Gasteiger partial charge in [-0.3, -0.25) is 0 Å². The first kappa shape index (κ1) is 15.8. The van der Waals surface area contributed by atoms with E-state index >= 15 is 0 Å². The second-order valence-electron chi connectivity index (χ2n) is 4.16. The number of esters is 1. The molecule has 5 nitrogen and oxygen atoms in total. The van der Waals surface area contributed by atoms with Crippen molar-refractivity contribution in [2.45, 2.75) is 32.8 Å². The highest BCUT2D eigenvalue weighted by Crippen LogP contribution is 2.24. The van der Waals surface area contributed by atoms with E-state index in [4.69, 9.17) is 19.5 Å². The van der Waals surface area contributed by atoms with Crippen molar-refractivity contribution in [3.8, 4) is 17.6 Å². The normalized spacial score (nSPS) is 11.3. The van der Waals surface area contributed by atoms with Gasteiger partial charge in [0.05, 0.1) is 25.3 Å². The first-order valence-electron chi connectivity index (χ1n) is 6.57. The number of carbonyl (C=O) groups is 1. The van der Waals surface area contributed by atoms with E-state index in [0.29, 0.717) is 30.1 Å². The lowest BCUT2D eigenvalue weighted by atomic mass is 10.2. The standard InChI is InChI=1S/C15H19NO4/c1-4-6-14(15(17)19-5-2)20-13-8-11(10-16)7-12(9-13)18-3/h7-9,14H,4-6H2,1-3H3. The van der Waals surface area contributed by atoms with E-state index < -0.39 is 12.1 Å². The topological polar surface area (TPSA) is 68.5 Å². The van der Waals surface area contributed by atoms with Crippen LogP contribution in [0, 0.1) is 11.3 Å². The first-order valence-corrected chi connectivity index (χ1v) is 6.57. The Morgan fingerprint density at radius 2 is 2.00 bits per heavy atom. The number of nitriles is 1. The molecule has 0 saturated heterocycles. The summed E-state index contributed by atoms with van der Waals surface area (Å²) in [4.78, 5) is 11.8. The van der Waals surface area contributed by atoms with E-state index in [0.717, 1.165) is 6.42 Å². The fraction of sp³-hybridized carbons (Fsp3) is 0.467. The van der Waals surface area contributed by atoms with Crippen molar-refractivity contribution >= 4 is 5.97 Å². The molecule has 0 saturated carbocycles. The smallest absolute Gasteiger partial charge is 0.347 e.